The van der Waals surface area contributed by atoms with Gasteiger partial charge in [0.15, 0.2) is 12.3 Å². The lowest BCUT2D eigenvalue weighted by atomic mass is 9.85. The van der Waals surface area contributed by atoms with Crippen molar-refractivity contribution in [2.75, 3.05) is 11.9 Å². The van der Waals surface area contributed by atoms with Gasteiger partial charge in [-0.15, -0.1) is 0 Å². The predicted molar refractivity (Wildman–Crippen MR) is 145 cm³/mol. The highest BCUT2D eigenvalue weighted by Crippen LogP contribution is 2.39. The third kappa shape index (κ3) is 5.85. The summed E-state index contributed by atoms with van der Waals surface area (Å²) < 4.78 is 25.7. The Kier molecular flexibility index (Phi) is 7.19. The van der Waals surface area contributed by atoms with Crippen LogP contribution in [0.1, 0.15) is 59.9 Å². The number of carbonyl (C=O) groups excluding carboxylic acids is 2. The maximum atomic E-state index is 14.3. The van der Waals surface area contributed by atoms with E-state index in [9.17, 15) is 14.0 Å². The third-order valence-corrected chi connectivity index (χ3v) is 6.59. The number of amides is 2. The van der Waals surface area contributed by atoms with E-state index in [-0.39, 0.29) is 35.8 Å². The minimum absolute atomic E-state index is 0.00479. The highest BCUT2D eigenvalue weighted by molar-refractivity contribution is 6.02. The van der Waals surface area contributed by atoms with Crippen LogP contribution in [-0.2, 0) is 17.8 Å². The maximum Gasteiger partial charge on any atom is 0.277 e. The monoisotopic (exact) mass is 527 g/mol. The van der Waals surface area contributed by atoms with Gasteiger partial charge in [0.1, 0.15) is 17.8 Å². The molecule has 0 spiro atoms. The standard InChI is InChI=1S/C31H30FN3O4/c1-31(2,3)30(37)35-15-14-20-12-13-24(17-25(20)28(35)21-8-7-9-22(32)16-21)38-19-27-34-26(18-39-27)29(36)33-23-10-5-4-6-11-23/h4-13,16-18,28H,14-15,19H2,1-3H3,(H,33,36)/t28-/m1/s1. The van der Waals surface area contributed by atoms with Gasteiger partial charge in [-0.05, 0) is 59.5 Å². The van der Waals surface area contributed by atoms with Crippen LogP contribution in [0, 0.1) is 11.2 Å². The van der Waals surface area contributed by atoms with Gasteiger partial charge in [0.25, 0.3) is 5.91 Å². The van der Waals surface area contributed by atoms with Crippen LogP contribution in [0.25, 0.3) is 0 Å². The predicted octanol–water partition coefficient (Wildman–Crippen LogP) is 6.17. The summed E-state index contributed by atoms with van der Waals surface area (Å²) in [6, 6.07) is 20.7. The van der Waals surface area contributed by atoms with Gasteiger partial charge >= 0.3 is 0 Å². The smallest absolute Gasteiger partial charge is 0.277 e. The number of hydrogen-bond acceptors (Lipinski definition) is 5. The molecule has 2 heterocycles. The average Bonchev–Trinajstić information content (AvgIpc) is 3.40. The lowest BCUT2D eigenvalue weighted by Gasteiger charge is -2.41. The highest BCUT2D eigenvalue weighted by Gasteiger charge is 2.37. The van der Waals surface area contributed by atoms with Crippen LogP contribution in [0.2, 0.25) is 0 Å². The quantitative estimate of drug-likeness (QED) is 0.324. The van der Waals surface area contributed by atoms with Gasteiger partial charge in [0.05, 0.1) is 6.04 Å². The van der Waals surface area contributed by atoms with Crippen molar-refractivity contribution in [3.8, 4) is 5.75 Å². The van der Waals surface area contributed by atoms with Crippen LogP contribution in [0.4, 0.5) is 10.1 Å². The molecule has 200 valence electrons. The molecule has 0 saturated heterocycles. The molecule has 8 heteroatoms. The van der Waals surface area contributed by atoms with Gasteiger partial charge in [0.2, 0.25) is 11.8 Å². The zero-order valence-electron chi connectivity index (χ0n) is 22.1. The van der Waals surface area contributed by atoms with Crippen molar-refractivity contribution < 1.29 is 23.1 Å². The molecule has 0 aliphatic carbocycles. The molecule has 0 radical (unpaired) electrons. The number of nitrogens with zero attached hydrogens (tertiary/aromatic N) is 2. The second-order valence-electron chi connectivity index (χ2n) is 10.6. The fourth-order valence-electron chi connectivity index (χ4n) is 4.71. The van der Waals surface area contributed by atoms with Crippen LogP contribution in [-0.4, -0.2) is 28.2 Å². The number of rotatable bonds is 6. The number of carbonyl (C=O) groups is 2. The van der Waals surface area contributed by atoms with Crippen LogP contribution in [0.5, 0.6) is 5.75 Å². The van der Waals surface area contributed by atoms with Crippen molar-refractivity contribution in [2.24, 2.45) is 5.41 Å². The van der Waals surface area contributed by atoms with Crippen molar-refractivity contribution >= 4 is 17.5 Å². The van der Waals surface area contributed by atoms with Crippen molar-refractivity contribution in [1.82, 2.24) is 9.88 Å². The molecule has 1 aromatic heterocycles. The topological polar surface area (TPSA) is 84.7 Å². The Bertz CT molecular complexity index is 1490. The second-order valence-corrected chi connectivity index (χ2v) is 10.6. The summed E-state index contributed by atoms with van der Waals surface area (Å²) in [5.41, 5.74) is 2.87. The SMILES string of the molecule is CC(C)(C)C(=O)N1CCc2ccc(OCc3nc(C(=O)Nc4ccccc4)co3)cc2[C@H]1c1cccc(F)c1. The lowest BCUT2D eigenvalue weighted by Crippen LogP contribution is -2.45. The number of ether oxygens (including phenoxy) is 1. The van der Waals surface area contributed by atoms with E-state index in [0.717, 1.165) is 11.1 Å². The van der Waals surface area contributed by atoms with Crippen molar-refractivity contribution in [1.29, 1.82) is 0 Å². The van der Waals surface area contributed by atoms with Crippen molar-refractivity contribution in [3.63, 3.8) is 0 Å². The van der Waals surface area contributed by atoms with Gasteiger partial charge in [-0.25, -0.2) is 9.37 Å². The number of oxazole rings is 1. The molecule has 1 aliphatic rings. The molecular weight excluding hydrogens is 497 g/mol. The highest BCUT2D eigenvalue weighted by atomic mass is 19.1. The average molecular weight is 528 g/mol. The van der Waals surface area contributed by atoms with E-state index in [4.69, 9.17) is 9.15 Å². The first-order valence-electron chi connectivity index (χ1n) is 12.8. The van der Waals surface area contributed by atoms with Gasteiger partial charge < -0.3 is 19.4 Å². The molecular formula is C31H30FN3O4. The number of hydrogen-bond donors (Lipinski definition) is 1. The largest absolute Gasteiger partial charge is 0.484 e. The van der Waals surface area contributed by atoms with E-state index in [2.05, 4.69) is 10.3 Å². The number of fused-ring (bicyclic) bond motifs is 1. The summed E-state index contributed by atoms with van der Waals surface area (Å²) in [4.78, 5) is 32.0. The van der Waals surface area contributed by atoms with Gasteiger partial charge in [-0.1, -0.05) is 57.2 Å². The fourth-order valence-corrected chi connectivity index (χ4v) is 4.71. The maximum absolute atomic E-state index is 14.3. The first-order valence-corrected chi connectivity index (χ1v) is 12.8. The van der Waals surface area contributed by atoms with Crippen LogP contribution in [0.15, 0.2) is 83.5 Å². The molecule has 0 fully saturated rings. The molecule has 39 heavy (non-hydrogen) atoms. The summed E-state index contributed by atoms with van der Waals surface area (Å²) in [5, 5.41) is 2.77. The molecule has 7 nitrogen and oxygen atoms in total. The van der Waals surface area contributed by atoms with Crippen LogP contribution < -0.4 is 10.1 Å². The third-order valence-electron chi connectivity index (χ3n) is 6.59. The lowest BCUT2D eigenvalue weighted by molar-refractivity contribution is -0.141. The summed E-state index contributed by atoms with van der Waals surface area (Å²) in [6.45, 7) is 6.20. The molecule has 0 bridgehead atoms. The van der Waals surface area contributed by atoms with E-state index >= 15 is 0 Å². The second kappa shape index (κ2) is 10.7. The van der Waals surface area contributed by atoms with E-state index in [1.54, 1.807) is 18.2 Å². The van der Waals surface area contributed by atoms with Crippen molar-refractivity contribution in [2.45, 2.75) is 39.8 Å². The zero-order valence-corrected chi connectivity index (χ0v) is 22.1. The first kappa shape index (κ1) is 26.2. The Morgan fingerprint density at radius 1 is 1.08 bits per heavy atom. The molecule has 3 aromatic carbocycles. The summed E-state index contributed by atoms with van der Waals surface area (Å²) >= 11 is 0. The Morgan fingerprint density at radius 2 is 1.87 bits per heavy atom. The minimum atomic E-state index is -0.591. The van der Waals surface area contributed by atoms with Gasteiger partial charge in [-0.2, -0.15) is 0 Å². The zero-order chi connectivity index (χ0) is 27.6. The molecule has 1 aliphatic heterocycles. The minimum Gasteiger partial charge on any atom is -0.484 e. The van der Waals surface area contributed by atoms with E-state index in [1.807, 2.05) is 68.1 Å². The Hall–Kier alpha value is -4.46. The number of aromatic nitrogens is 1. The Morgan fingerprint density at radius 3 is 2.62 bits per heavy atom. The first-order chi connectivity index (χ1) is 18.7. The molecule has 2 amide bonds. The number of nitrogens with one attached hydrogen (secondary N) is 1. The number of halogens is 1. The Labute approximate surface area is 226 Å². The Balaban J connectivity index is 1.36. The summed E-state index contributed by atoms with van der Waals surface area (Å²) in [7, 11) is 0. The van der Waals surface area contributed by atoms with Crippen LogP contribution in [0.3, 0.4) is 0 Å². The van der Waals surface area contributed by atoms with E-state index in [0.29, 0.717) is 30.0 Å². The molecule has 5 rings (SSSR count). The van der Waals surface area contributed by atoms with Gasteiger partial charge in [-0.3, -0.25) is 9.59 Å². The van der Waals surface area contributed by atoms with Crippen molar-refractivity contribution in [3.05, 3.63) is 113 Å². The number of para-hydroxylation sites is 1. The number of anilines is 1. The molecule has 4 aromatic rings. The molecule has 1 N–H and O–H groups in total. The summed E-state index contributed by atoms with van der Waals surface area (Å²) in [5.74, 6) is 0.0541. The normalized spacial score (nSPS) is 15.0. The van der Waals surface area contributed by atoms with Gasteiger partial charge in [0, 0.05) is 17.6 Å². The van der Waals surface area contributed by atoms with E-state index < -0.39 is 11.5 Å². The number of benzene rings is 3. The fraction of sp³-hybridized carbons (Fsp3) is 0.258. The molecule has 0 unspecified atom stereocenters. The molecule has 1 atom stereocenters. The summed E-state index contributed by atoms with van der Waals surface area (Å²) in [6.07, 6.45) is 1.97. The molecule has 0 saturated carbocycles. The van der Waals surface area contributed by atoms with E-state index in [1.165, 1.54) is 18.4 Å². The van der Waals surface area contributed by atoms with Crippen LogP contribution >= 0.6 is 0 Å².